The molecule has 1 N–H and O–H groups in total. The highest BCUT2D eigenvalue weighted by atomic mass is 35.5. The van der Waals surface area contributed by atoms with Gasteiger partial charge in [0.1, 0.15) is 5.75 Å². The third-order valence-electron chi connectivity index (χ3n) is 4.71. The Morgan fingerprint density at radius 3 is 2.43 bits per heavy atom. The van der Waals surface area contributed by atoms with Crippen LogP contribution in [0.15, 0.2) is 47.4 Å². The first-order chi connectivity index (χ1) is 13.4. The van der Waals surface area contributed by atoms with E-state index in [1.165, 1.54) is 23.5 Å². The Labute approximate surface area is 170 Å². The normalized spacial score (nSPS) is 15.6. The number of anilines is 1. The Morgan fingerprint density at radius 2 is 1.79 bits per heavy atom. The Hall–Kier alpha value is -2.09. The predicted octanol–water partition coefficient (Wildman–Crippen LogP) is 4.17. The standard InChI is InChI=1S/C20H23ClN2O4S/c1-27-19-10-9-16(14-18(19)21)22-20(24)15-7-6-8-17(13-15)28(25,26)23-11-4-2-3-5-12-23/h6-10,13-14H,2-5,11-12H2,1H3,(H,22,24). The van der Waals surface area contributed by atoms with Crippen LogP contribution in [-0.4, -0.2) is 38.8 Å². The minimum atomic E-state index is -3.61. The fraction of sp³-hybridized carbons (Fsp3) is 0.350. The van der Waals surface area contributed by atoms with Crippen LogP contribution in [0.25, 0.3) is 0 Å². The second kappa shape index (κ2) is 8.94. The van der Waals surface area contributed by atoms with E-state index >= 15 is 0 Å². The molecule has 1 aliphatic rings. The van der Waals surface area contributed by atoms with Crippen LogP contribution in [0.4, 0.5) is 5.69 Å². The molecule has 0 atom stereocenters. The molecule has 28 heavy (non-hydrogen) atoms. The van der Waals surface area contributed by atoms with Gasteiger partial charge in [-0.25, -0.2) is 8.42 Å². The Kier molecular flexibility index (Phi) is 6.59. The maximum atomic E-state index is 13.0. The van der Waals surface area contributed by atoms with Gasteiger partial charge in [-0.1, -0.05) is 30.5 Å². The van der Waals surface area contributed by atoms with E-state index in [2.05, 4.69) is 5.32 Å². The van der Waals surface area contributed by atoms with Crippen molar-refractivity contribution in [1.29, 1.82) is 0 Å². The van der Waals surface area contributed by atoms with Gasteiger partial charge in [-0.15, -0.1) is 0 Å². The van der Waals surface area contributed by atoms with Crippen molar-refractivity contribution in [2.75, 3.05) is 25.5 Å². The molecule has 1 amide bonds. The molecule has 8 heteroatoms. The van der Waals surface area contributed by atoms with Crippen LogP contribution >= 0.6 is 11.6 Å². The molecule has 0 spiro atoms. The summed E-state index contributed by atoms with van der Waals surface area (Å²) in [6.45, 7) is 1.03. The highest BCUT2D eigenvalue weighted by Gasteiger charge is 2.25. The molecule has 0 radical (unpaired) electrons. The summed E-state index contributed by atoms with van der Waals surface area (Å²) in [5.74, 6) is 0.0966. The minimum absolute atomic E-state index is 0.134. The molecule has 1 saturated heterocycles. The smallest absolute Gasteiger partial charge is 0.255 e. The summed E-state index contributed by atoms with van der Waals surface area (Å²) < 4.78 is 32.5. The van der Waals surface area contributed by atoms with Crippen molar-refractivity contribution in [3.05, 3.63) is 53.1 Å². The largest absolute Gasteiger partial charge is 0.495 e. The molecule has 1 aliphatic heterocycles. The van der Waals surface area contributed by atoms with E-state index in [1.807, 2.05) is 0 Å². The summed E-state index contributed by atoms with van der Waals surface area (Å²) in [5.41, 5.74) is 0.763. The maximum Gasteiger partial charge on any atom is 0.255 e. The summed E-state index contributed by atoms with van der Waals surface area (Å²) in [4.78, 5) is 12.7. The number of nitrogens with one attached hydrogen (secondary N) is 1. The Balaban J connectivity index is 1.80. The predicted molar refractivity (Wildman–Crippen MR) is 110 cm³/mol. The fourth-order valence-corrected chi connectivity index (χ4v) is 5.00. The van der Waals surface area contributed by atoms with Crippen LogP contribution in [0.1, 0.15) is 36.0 Å². The number of amides is 1. The number of hydrogen-bond donors (Lipinski definition) is 1. The molecule has 0 unspecified atom stereocenters. The van der Waals surface area contributed by atoms with Crippen LogP contribution in [0.5, 0.6) is 5.75 Å². The number of ether oxygens (including phenoxy) is 1. The lowest BCUT2D eigenvalue weighted by Crippen LogP contribution is -2.32. The molecular weight excluding hydrogens is 400 g/mol. The van der Waals surface area contributed by atoms with Crippen LogP contribution in [0.2, 0.25) is 5.02 Å². The highest BCUT2D eigenvalue weighted by molar-refractivity contribution is 7.89. The molecule has 1 heterocycles. The van der Waals surface area contributed by atoms with Crippen molar-refractivity contribution < 1.29 is 17.9 Å². The van der Waals surface area contributed by atoms with Gasteiger partial charge in [0.2, 0.25) is 10.0 Å². The lowest BCUT2D eigenvalue weighted by Gasteiger charge is -2.20. The lowest BCUT2D eigenvalue weighted by molar-refractivity contribution is 0.102. The molecule has 0 bridgehead atoms. The zero-order chi connectivity index (χ0) is 20.1. The van der Waals surface area contributed by atoms with Crippen molar-refractivity contribution in [2.45, 2.75) is 30.6 Å². The second-order valence-corrected chi connectivity index (χ2v) is 8.99. The Morgan fingerprint density at radius 1 is 1.07 bits per heavy atom. The molecule has 2 aromatic rings. The summed E-state index contributed by atoms with van der Waals surface area (Å²) in [6.07, 6.45) is 3.80. The molecule has 0 aromatic heterocycles. The van der Waals surface area contributed by atoms with Crippen molar-refractivity contribution in [2.24, 2.45) is 0 Å². The van der Waals surface area contributed by atoms with Crippen LogP contribution in [0.3, 0.4) is 0 Å². The van der Waals surface area contributed by atoms with Gasteiger partial charge in [-0.05, 0) is 49.2 Å². The number of nitrogens with zero attached hydrogens (tertiary/aromatic N) is 1. The molecule has 1 fully saturated rings. The first-order valence-corrected chi connectivity index (χ1v) is 11.0. The van der Waals surface area contributed by atoms with E-state index in [4.69, 9.17) is 16.3 Å². The number of carbonyl (C=O) groups is 1. The lowest BCUT2D eigenvalue weighted by atomic mass is 10.2. The number of halogens is 1. The van der Waals surface area contributed by atoms with Gasteiger partial charge in [0.25, 0.3) is 5.91 Å². The SMILES string of the molecule is COc1ccc(NC(=O)c2cccc(S(=O)(=O)N3CCCCCC3)c2)cc1Cl. The number of benzene rings is 2. The average molecular weight is 423 g/mol. The first-order valence-electron chi connectivity index (χ1n) is 9.17. The zero-order valence-electron chi connectivity index (χ0n) is 15.7. The average Bonchev–Trinajstić information content (AvgIpc) is 2.98. The summed E-state index contributed by atoms with van der Waals surface area (Å²) in [6, 6.07) is 11.0. The van der Waals surface area contributed by atoms with Gasteiger partial charge in [-0.2, -0.15) is 4.31 Å². The van der Waals surface area contributed by atoms with Gasteiger partial charge in [0, 0.05) is 24.3 Å². The van der Waals surface area contributed by atoms with Crippen molar-refractivity contribution >= 4 is 33.2 Å². The van der Waals surface area contributed by atoms with E-state index in [9.17, 15) is 13.2 Å². The van der Waals surface area contributed by atoms with Crippen molar-refractivity contribution in [1.82, 2.24) is 4.31 Å². The molecule has 6 nitrogen and oxygen atoms in total. The quantitative estimate of drug-likeness (QED) is 0.784. The van der Waals surface area contributed by atoms with Crippen molar-refractivity contribution in [3.8, 4) is 5.75 Å². The van der Waals surface area contributed by atoms with Crippen molar-refractivity contribution in [3.63, 3.8) is 0 Å². The number of sulfonamides is 1. The number of methoxy groups -OCH3 is 1. The van der Waals surface area contributed by atoms with Crippen LogP contribution < -0.4 is 10.1 Å². The topological polar surface area (TPSA) is 75.7 Å². The summed E-state index contributed by atoms with van der Waals surface area (Å²) in [7, 11) is -2.10. The molecule has 2 aromatic carbocycles. The minimum Gasteiger partial charge on any atom is -0.495 e. The molecule has 0 saturated carbocycles. The highest BCUT2D eigenvalue weighted by Crippen LogP contribution is 2.27. The van der Waals surface area contributed by atoms with Gasteiger partial charge in [0.15, 0.2) is 0 Å². The Bertz CT molecular complexity index is 954. The molecule has 0 aliphatic carbocycles. The van der Waals surface area contributed by atoms with Gasteiger partial charge in [-0.3, -0.25) is 4.79 Å². The fourth-order valence-electron chi connectivity index (χ4n) is 3.18. The van der Waals surface area contributed by atoms with E-state index < -0.39 is 15.9 Å². The number of hydrogen-bond acceptors (Lipinski definition) is 4. The van der Waals surface area contributed by atoms with Gasteiger partial charge in [0.05, 0.1) is 17.0 Å². The third kappa shape index (κ3) is 4.66. The van der Waals surface area contributed by atoms with E-state index in [0.717, 1.165) is 25.7 Å². The van der Waals surface area contributed by atoms with Crippen LogP contribution in [-0.2, 0) is 10.0 Å². The second-order valence-electron chi connectivity index (χ2n) is 6.65. The van der Waals surface area contributed by atoms with Crippen LogP contribution in [0, 0.1) is 0 Å². The van der Waals surface area contributed by atoms with E-state index in [1.54, 1.807) is 30.3 Å². The molecule has 3 rings (SSSR count). The summed E-state index contributed by atoms with van der Waals surface area (Å²) in [5, 5.41) is 3.10. The molecular formula is C20H23ClN2O4S. The van der Waals surface area contributed by atoms with Gasteiger partial charge < -0.3 is 10.1 Å². The van der Waals surface area contributed by atoms with E-state index in [-0.39, 0.29) is 10.5 Å². The monoisotopic (exact) mass is 422 g/mol. The zero-order valence-corrected chi connectivity index (χ0v) is 17.2. The number of carbonyl (C=O) groups excluding carboxylic acids is 1. The third-order valence-corrected chi connectivity index (χ3v) is 6.90. The maximum absolute atomic E-state index is 13.0. The first kappa shape index (κ1) is 20.6. The summed E-state index contributed by atoms with van der Waals surface area (Å²) >= 11 is 6.08. The molecule has 150 valence electrons. The number of rotatable bonds is 5. The van der Waals surface area contributed by atoms with E-state index in [0.29, 0.717) is 29.5 Å². The van der Waals surface area contributed by atoms with Gasteiger partial charge >= 0.3 is 0 Å².